The molecule has 3 N–H and O–H groups in total. The van der Waals surface area contributed by atoms with Crippen molar-refractivity contribution < 1.29 is 14.7 Å². The van der Waals surface area contributed by atoms with Gasteiger partial charge >= 0.3 is 5.97 Å². The number of carbonyl (C=O) groups is 1. The third-order valence-corrected chi connectivity index (χ3v) is 5.20. The lowest BCUT2D eigenvalue weighted by Crippen LogP contribution is -2.43. The maximum Gasteiger partial charge on any atom is 0.328 e. The van der Waals surface area contributed by atoms with Crippen molar-refractivity contribution in [3.8, 4) is 0 Å². The number of isocyanates is 1. The minimum atomic E-state index is -1.09. The number of halogens is 3. The number of hydrogen-bond donors (Lipinski definition) is 2. The van der Waals surface area contributed by atoms with E-state index in [1.165, 1.54) is 6.08 Å². The predicted octanol–water partition coefficient (Wildman–Crippen LogP) is 4.11. The summed E-state index contributed by atoms with van der Waals surface area (Å²) in [5, 5.41) is 15.1. The van der Waals surface area contributed by atoms with Gasteiger partial charge < -0.3 is 10.8 Å². The molecule has 3 rings (SSSR count). The van der Waals surface area contributed by atoms with E-state index < -0.39 is 12.0 Å². The normalized spacial score (nSPS) is 17.9. The summed E-state index contributed by atoms with van der Waals surface area (Å²) >= 11 is 12.6. The number of anilines is 1. The van der Waals surface area contributed by atoms with Gasteiger partial charge in [-0.2, -0.15) is 0 Å². The van der Waals surface area contributed by atoms with Gasteiger partial charge in [0.1, 0.15) is 0 Å². The minimum absolute atomic E-state index is 0. The van der Waals surface area contributed by atoms with Gasteiger partial charge in [-0.15, -0.1) is 12.4 Å². The molecule has 0 saturated carbocycles. The molecule has 2 aromatic rings. The van der Waals surface area contributed by atoms with E-state index in [1.54, 1.807) is 12.1 Å². The van der Waals surface area contributed by atoms with Crippen LogP contribution >= 0.6 is 35.6 Å². The van der Waals surface area contributed by atoms with Crippen molar-refractivity contribution in [2.24, 2.45) is 10.8 Å². The van der Waals surface area contributed by atoms with Crippen LogP contribution in [-0.4, -0.2) is 23.2 Å². The first-order chi connectivity index (χ1) is 12.9. The molecule has 2 atom stereocenters. The maximum absolute atomic E-state index is 11.8. The van der Waals surface area contributed by atoms with E-state index >= 15 is 0 Å². The average molecular weight is 443 g/mol. The van der Waals surface area contributed by atoms with E-state index in [0.29, 0.717) is 28.7 Å². The van der Waals surface area contributed by atoms with Crippen LogP contribution in [0.3, 0.4) is 0 Å². The van der Waals surface area contributed by atoms with Crippen LogP contribution in [0.4, 0.5) is 5.69 Å². The highest BCUT2D eigenvalue weighted by atomic mass is 35.5. The summed E-state index contributed by atoms with van der Waals surface area (Å²) in [4.78, 5) is 22.7. The van der Waals surface area contributed by atoms with E-state index in [9.17, 15) is 14.7 Å². The number of rotatable bonds is 5. The Morgan fingerprint density at radius 2 is 2.00 bits per heavy atom. The molecular formula is C19H18Cl3N3O3. The molecule has 0 radical (unpaired) electrons. The topological polar surface area (TPSA) is 96.0 Å². The number of nitrogens with two attached hydrogens (primary N) is 1. The van der Waals surface area contributed by atoms with E-state index in [1.807, 2.05) is 24.3 Å². The van der Waals surface area contributed by atoms with Crippen LogP contribution in [0.5, 0.6) is 0 Å². The predicted molar refractivity (Wildman–Crippen MR) is 111 cm³/mol. The monoisotopic (exact) mass is 441 g/mol. The fourth-order valence-electron chi connectivity index (χ4n) is 3.55. The van der Waals surface area contributed by atoms with Gasteiger partial charge in [0.05, 0.1) is 5.69 Å². The Labute approximate surface area is 178 Å². The summed E-state index contributed by atoms with van der Waals surface area (Å²) < 4.78 is 0. The second-order valence-electron chi connectivity index (χ2n) is 6.37. The summed E-state index contributed by atoms with van der Waals surface area (Å²) in [5.41, 5.74) is 8.86. The number of carboxylic acids is 1. The van der Waals surface area contributed by atoms with Gasteiger partial charge in [-0.1, -0.05) is 52.6 Å². The van der Waals surface area contributed by atoms with Crippen LogP contribution in [0, 0.1) is 0 Å². The second kappa shape index (κ2) is 9.41. The molecule has 9 heteroatoms. The summed E-state index contributed by atoms with van der Waals surface area (Å²) in [5.74, 6) is -1.27. The molecule has 0 aromatic heterocycles. The van der Waals surface area contributed by atoms with Crippen LogP contribution in [0.2, 0.25) is 10.0 Å². The molecule has 1 aliphatic rings. The molecule has 2 aromatic carbocycles. The van der Waals surface area contributed by atoms with Crippen LogP contribution in [0.1, 0.15) is 29.0 Å². The number of fused-ring (bicyclic) bond motifs is 1. The van der Waals surface area contributed by atoms with Crippen LogP contribution in [0.25, 0.3) is 0 Å². The highest BCUT2D eigenvalue weighted by Gasteiger charge is 2.38. The molecule has 0 aliphatic carbocycles. The first-order valence-corrected chi connectivity index (χ1v) is 9.06. The van der Waals surface area contributed by atoms with Crippen molar-refractivity contribution in [1.82, 2.24) is 0 Å². The Hall–Kier alpha value is -2.08. The SMILES string of the molecule is Cl.NCc1cccc(C[C@H]2C[C@H](C(=O)O)N(N=C=O)c3cc(Cl)cc(Cl)c32)c1. The van der Waals surface area contributed by atoms with Crippen molar-refractivity contribution in [1.29, 1.82) is 0 Å². The van der Waals surface area contributed by atoms with Gasteiger partial charge in [-0.05, 0) is 47.6 Å². The molecule has 1 aliphatic heterocycles. The van der Waals surface area contributed by atoms with Crippen molar-refractivity contribution >= 4 is 53.3 Å². The van der Waals surface area contributed by atoms with Gasteiger partial charge in [-0.25, -0.2) is 14.6 Å². The molecular weight excluding hydrogens is 425 g/mol. The Kier molecular flexibility index (Phi) is 7.47. The van der Waals surface area contributed by atoms with E-state index in [0.717, 1.165) is 21.7 Å². The molecule has 6 nitrogen and oxygen atoms in total. The number of hydrazone groups is 1. The van der Waals surface area contributed by atoms with Gasteiger partial charge in [0.25, 0.3) is 6.08 Å². The quantitative estimate of drug-likeness (QED) is 0.536. The number of aliphatic carboxylic acids is 1. The highest BCUT2D eigenvalue weighted by Crippen LogP contribution is 2.45. The number of carbonyl (C=O) groups excluding carboxylic acids is 1. The van der Waals surface area contributed by atoms with Crippen LogP contribution in [-0.2, 0) is 22.6 Å². The van der Waals surface area contributed by atoms with Crippen molar-refractivity contribution in [3.63, 3.8) is 0 Å². The highest BCUT2D eigenvalue weighted by molar-refractivity contribution is 6.35. The molecule has 0 saturated heterocycles. The smallest absolute Gasteiger partial charge is 0.328 e. The van der Waals surface area contributed by atoms with Crippen LogP contribution in [0.15, 0.2) is 41.5 Å². The largest absolute Gasteiger partial charge is 0.480 e. The van der Waals surface area contributed by atoms with E-state index in [-0.39, 0.29) is 24.7 Å². The molecule has 0 amide bonds. The van der Waals surface area contributed by atoms with Gasteiger partial charge in [0.2, 0.25) is 0 Å². The van der Waals surface area contributed by atoms with Gasteiger partial charge in [0, 0.05) is 16.6 Å². The Balaban J connectivity index is 0.00000280. The zero-order valence-corrected chi connectivity index (χ0v) is 17.0. The van der Waals surface area contributed by atoms with E-state index in [2.05, 4.69) is 5.10 Å². The first-order valence-electron chi connectivity index (χ1n) is 8.31. The van der Waals surface area contributed by atoms with Crippen molar-refractivity contribution in [3.05, 3.63) is 63.1 Å². The summed E-state index contributed by atoms with van der Waals surface area (Å²) in [6.45, 7) is 0.422. The molecule has 0 unspecified atom stereocenters. The molecule has 1 heterocycles. The fraction of sp³-hybridized carbons (Fsp3) is 0.263. The first kappa shape index (κ1) is 22.2. The molecule has 0 spiro atoms. The second-order valence-corrected chi connectivity index (χ2v) is 7.21. The molecule has 148 valence electrons. The van der Waals surface area contributed by atoms with E-state index in [4.69, 9.17) is 28.9 Å². The minimum Gasteiger partial charge on any atom is -0.480 e. The average Bonchev–Trinajstić information content (AvgIpc) is 2.63. The van der Waals surface area contributed by atoms with Crippen LogP contribution < -0.4 is 10.7 Å². The number of carboxylic acid groups (broad SMARTS) is 1. The molecule has 0 bridgehead atoms. The molecule has 0 fully saturated rings. The summed E-state index contributed by atoms with van der Waals surface area (Å²) in [6.07, 6.45) is 2.23. The fourth-order valence-corrected chi connectivity index (χ4v) is 4.18. The number of nitrogens with zero attached hydrogens (tertiary/aromatic N) is 2. The zero-order valence-electron chi connectivity index (χ0n) is 14.6. The van der Waals surface area contributed by atoms with Gasteiger partial charge in [-0.3, -0.25) is 0 Å². The summed E-state index contributed by atoms with van der Waals surface area (Å²) in [6, 6.07) is 9.98. The van der Waals surface area contributed by atoms with Crippen molar-refractivity contribution in [2.45, 2.75) is 31.3 Å². The summed E-state index contributed by atoms with van der Waals surface area (Å²) in [7, 11) is 0. The Bertz CT molecular complexity index is 932. The lowest BCUT2D eigenvalue weighted by Gasteiger charge is -2.37. The lowest BCUT2D eigenvalue weighted by atomic mass is 9.82. The van der Waals surface area contributed by atoms with Gasteiger partial charge in [0.15, 0.2) is 6.04 Å². The third-order valence-electron chi connectivity index (χ3n) is 4.67. The maximum atomic E-state index is 11.8. The lowest BCUT2D eigenvalue weighted by molar-refractivity contribution is -0.139. The number of benzene rings is 2. The Morgan fingerprint density at radius 3 is 2.64 bits per heavy atom. The third kappa shape index (κ3) is 4.49. The zero-order chi connectivity index (χ0) is 19.6. The number of hydrogen-bond acceptors (Lipinski definition) is 5. The molecule has 28 heavy (non-hydrogen) atoms. The Morgan fingerprint density at radius 1 is 1.29 bits per heavy atom. The standard InChI is InChI=1S/C19H17Cl2N3O3.ClH/c20-14-7-15(21)18-13(5-11-2-1-3-12(4-11)9-22)6-17(19(26)27)24(23-10-25)16(18)8-14;/h1-4,7-8,13,17H,5-6,9,22H2,(H,26,27);1H/t13-,17+;/m0./s1. The van der Waals surface area contributed by atoms with Crippen molar-refractivity contribution in [2.75, 3.05) is 5.01 Å².